The molecule has 1 aromatic heterocycles. The molecule has 13 heavy (non-hydrogen) atoms. The molecule has 0 aliphatic carbocycles. The van der Waals surface area contributed by atoms with Crippen molar-refractivity contribution in [2.24, 2.45) is 0 Å². The average molecular weight is 195 g/mol. The molecule has 0 spiro atoms. The third-order valence-corrected chi connectivity index (χ3v) is 2.05. The lowest BCUT2D eigenvalue weighted by atomic mass is 10.2. The lowest BCUT2D eigenvalue weighted by Gasteiger charge is -2.01. The first-order valence-electron chi connectivity index (χ1n) is 3.79. The van der Waals surface area contributed by atoms with E-state index in [1.165, 1.54) is 6.07 Å². The standard InChI is InChI=1S/C9H7ClN2O/c1-5-4-11-8-6(10)2-3-7(13)9(8)12-5/h2-4,13H,1H3. The molecular formula is C9H7ClN2O. The van der Waals surface area contributed by atoms with E-state index in [9.17, 15) is 5.11 Å². The van der Waals surface area contributed by atoms with Gasteiger partial charge in [0.2, 0.25) is 0 Å². The summed E-state index contributed by atoms with van der Waals surface area (Å²) in [6.45, 7) is 1.81. The molecule has 1 aromatic carbocycles. The number of nitrogens with zero attached hydrogens (tertiary/aromatic N) is 2. The predicted molar refractivity (Wildman–Crippen MR) is 50.9 cm³/mol. The van der Waals surface area contributed by atoms with E-state index in [2.05, 4.69) is 9.97 Å². The summed E-state index contributed by atoms with van der Waals surface area (Å²) in [5.41, 5.74) is 1.74. The first-order chi connectivity index (χ1) is 6.18. The topological polar surface area (TPSA) is 46.0 Å². The van der Waals surface area contributed by atoms with Gasteiger partial charge in [0.15, 0.2) is 0 Å². The first-order valence-corrected chi connectivity index (χ1v) is 4.17. The minimum absolute atomic E-state index is 0.107. The summed E-state index contributed by atoms with van der Waals surface area (Å²) in [6.07, 6.45) is 1.62. The molecule has 0 unspecified atom stereocenters. The van der Waals surface area contributed by atoms with Crippen molar-refractivity contribution in [2.45, 2.75) is 6.92 Å². The summed E-state index contributed by atoms with van der Waals surface area (Å²) in [7, 11) is 0. The predicted octanol–water partition coefficient (Wildman–Crippen LogP) is 2.30. The van der Waals surface area contributed by atoms with Crippen LogP contribution in [0.2, 0.25) is 5.02 Å². The molecule has 66 valence electrons. The lowest BCUT2D eigenvalue weighted by Crippen LogP contribution is -1.88. The number of halogens is 1. The van der Waals surface area contributed by atoms with Gasteiger partial charge in [0.25, 0.3) is 0 Å². The minimum atomic E-state index is 0.107. The van der Waals surface area contributed by atoms with Gasteiger partial charge in [-0.05, 0) is 19.1 Å². The van der Waals surface area contributed by atoms with Gasteiger partial charge < -0.3 is 5.11 Å². The zero-order valence-electron chi connectivity index (χ0n) is 6.95. The van der Waals surface area contributed by atoms with Crippen LogP contribution in [-0.4, -0.2) is 15.1 Å². The molecule has 0 aliphatic rings. The molecule has 0 amide bonds. The monoisotopic (exact) mass is 194 g/mol. The fraction of sp³-hybridized carbons (Fsp3) is 0.111. The van der Waals surface area contributed by atoms with E-state index in [4.69, 9.17) is 11.6 Å². The molecule has 0 saturated carbocycles. The Hall–Kier alpha value is -1.35. The van der Waals surface area contributed by atoms with Crippen LogP contribution >= 0.6 is 11.6 Å². The molecule has 0 saturated heterocycles. The second-order valence-electron chi connectivity index (χ2n) is 2.78. The fourth-order valence-corrected chi connectivity index (χ4v) is 1.34. The Balaban J connectivity index is 2.92. The molecule has 2 aromatic rings. The van der Waals surface area contributed by atoms with Gasteiger partial charge >= 0.3 is 0 Å². The van der Waals surface area contributed by atoms with Crippen molar-refractivity contribution >= 4 is 22.6 Å². The third kappa shape index (κ3) is 1.31. The Kier molecular flexibility index (Phi) is 1.81. The van der Waals surface area contributed by atoms with Crippen LogP contribution in [0.5, 0.6) is 5.75 Å². The molecule has 2 rings (SSSR count). The number of aromatic nitrogens is 2. The van der Waals surface area contributed by atoms with E-state index in [1.54, 1.807) is 12.3 Å². The van der Waals surface area contributed by atoms with Crippen molar-refractivity contribution in [3.05, 3.63) is 29.0 Å². The summed E-state index contributed by atoms with van der Waals surface area (Å²) in [4.78, 5) is 8.23. The second kappa shape index (κ2) is 2.85. The highest BCUT2D eigenvalue weighted by Gasteiger charge is 2.05. The highest BCUT2D eigenvalue weighted by Crippen LogP contribution is 2.27. The second-order valence-corrected chi connectivity index (χ2v) is 3.18. The molecule has 4 heteroatoms. The fourth-order valence-electron chi connectivity index (χ4n) is 1.14. The van der Waals surface area contributed by atoms with Gasteiger partial charge in [-0.1, -0.05) is 11.6 Å². The van der Waals surface area contributed by atoms with E-state index in [0.717, 1.165) is 5.69 Å². The number of hydrogen-bond acceptors (Lipinski definition) is 3. The van der Waals surface area contributed by atoms with E-state index < -0.39 is 0 Å². The number of aromatic hydroxyl groups is 1. The molecule has 1 N–H and O–H groups in total. The van der Waals surface area contributed by atoms with Crippen molar-refractivity contribution in [3.63, 3.8) is 0 Å². The van der Waals surface area contributed by atoms with Gasteiger partial charge in [-0.2, -0.15) is 0 Å². The number of hydrogen-bond donors (Lipinski definition) is 1. The van der Waals surface area contributed by atoms with Crippen LogP contribution in [-0.2, 0) is 0 Å². The van der Waals surface area contributed by atoms with Crippen molar-refractivity contribution in [1.82, 2.24) is 9.97 Å². The molecule has 0 fully saturated rings. The molecule has 0 aliphatic heterocycles. The smallest absolute Gasteiger partial charge is 0.143 e. The summed E-state index contributed by atoms with van der Waals surface area (Å²) in [5, 5.41) is 9.96. The van der Waals surface area contributed by atoms with Crippen LogP contribution in [0.15, 0.2) is 18.3 Å². The molecule has 1 heterocycles. The van der Waals surface area contributed by atoms with Crippen molar-refractivity contribution in [2.75, 3.05) is 0 Å². The number of rotatable bonds is 0. The van der Waals surface area contributed by atoms with Crippen LogP contribution in [0, 0.1) is 6.92 Å². The van der Waals surface area contributed by atoms with Crippen molar-refractivity contribution in [1.29, 1.82) is 0 Å². The zero-order valence-corrected chi connectivity index (χ0v) is 7.71. The number of aryl methyl sites for hydroxylation is 1. The van der Waals surface area contributed by atoms with Crippen LogP contribution < -0.4 is 0 Å². The Morgan fingerprint density at radius 1 is 1.31 bits per heavy atom. The maximum atomic E-state index is 9.46. The third-order valence-electron chi connectivity index (χ3n) is 1.75. The van der Waals surface area contributed by atoms with E-state index >= 15 is 0 Å². The highest BCUT2D eigenvalue weighted by molar-refractivity contribution is 6.35. The number of phenols is 1. The SMILES string of the molecule is Cc1cnc2c(Cl)ccc(O)c2n1. The van der Waals surface area contributed by atoms with Crippen molar-refractivity contribution in [3.8, 4) is 5.75 Å². The highest BCUT2D eigenvalue weighted by atomic mass is 35.5. The van der Waals surface area contributed by atoms with E-state index in [0.29, 0.717) is 16.1 Å². The summed E-state index contributed by atoms with van der Waals surface area (Å²) >= 11 is 5.87. The molecular weight excluding hydrogens is 188 g/mol. The van der Waals surface area contributed by atoms with Gasteiger partial charge in [0.05, 0.1) is 10.7 Å². The van der Waals surface area contributed by atoms with E-state index in [1.807, 2.05) is 6.92 Å². The maximum absolute atomic E-state index is 9.46. The first kappa shape index (κ1) is 8.26. The number of phenolic OH excluding ortho intramolecular Hbond substituents is 1. The van der Waals surface area contributed by atoms with Crippen LogP contribution in [0.1, 0.15) is 5.69 Å². The largest absolute Gasteiger partial charge is 0.506 e. The van der Waals surface area contributed by atoms with Gasteiger partial charge in [0.1, 0.15) is 16.8 Å². The maximum Gasteiger partial charge on any atom is 0.143 e. The van der Waals surface area contributed by atoms with Crippen LogP contribution in [0.3, 0.4) is 0 Å². The van der Waals surface area contributed by atoms with Crippen molar-refractivity contribution < 1.29 is 5.11 Å². The van der Waals surface area contributed by atoms with Gasteiger partial charge in [-0.15, -0.1) is 0 Å². The Morgan fingerprint density at radius 3 is 2.85 bits per heavy atom. The molecule has 0 bridgehead atoms. The van der Waals surface area contributed by atoms with Gasteiger partial charge in [-0.25, -0.2) is 4.98 Å². The summed E-state index contributed by atoms with van der Waals surface area (Å²) in [5.74, 6) is 0.107. The summed E-state index contributed by atoms with van der Waals surface area (Å²) < 4.78 is 0. The molecule has 0 radical (unpaired) electrons. The Bertz CT molecular complexity index is 470. The molecule has 0 atom stereocenters. The van der Waals surface area contributed by atoms with E-state index in [-0.39, 0.29) is 5.75 Å². The Morgan fingerprint density at radius 2 is 2.08 bits per heavy atom. The quantitative estimate of drug-likeness (QED) is 0.700. The van der Waals surface area contributed by atoms with Gasteiger partial charge in [-0.3, -0.25) is 4.98 Å². The Labute approximate surface area is 80.0 Å². The average Bonchev–Trinajstić information content (AvgIpc) is 2.12. The molecule has 3 nitrogen and oxygen atoms in total. The van der Waals surface area contributed by atoms with Crippen LogP contribution in [0.25, 0.3) is 11.0 Å². The lowest BCUT2D eigenvalue weighted by molar-refractivity contribution is 0.480. The minimum Gasteiger partial charge on any atom is -0.506 e. The zero-order chi connectivity index (χ0) is 9.42. The van der Waals surface area contributed by atoms with Crippen LogP contribution in [0.4, 0.5) is 0 Å². The normalized spacial score (nSPS) is 10.6. The number of benzene rings is 1. The number of fused-ring (bicyclic) bond motifs is 1. The summed E-state index contributed by atoms with van der Waals surface area (Å²) in [6, 6.07) is 3.11. The van der Waals surface area contributed by atoms with Gasteiger partial charge in [0, 0.05) is 6.20 Å².